The van der Waals surface area contributed by atoms with Gasteiger partial charge < -0.3 is 29.0 Å². The third-order valence-corrected chi connectivity index (χ3v) is 9.94. The number of rotatable bonds is 37. The number of amides is 1. The van der Waals surface area contributed by atoms with Gasteiger partial charge in [-0.2, -0.15) is 0 Å². The maximum Gasteiger partial charge on any atom is 0.407 e. The number of nitrogens with one attached hydrogen (secondary N) is 1. The number of hydrogen-bond donors (Lipinski definition) is 2. The number of carbonyl (C=O) groups is 3. The SMILES string of the molecule is CCCCCCCCCCCCCC(=O)OCC(COC(=O)CCCCCCCCCCCCC)COC(=O)NCC(C)(C)OCCC(C)(S)OC. The van der Waals surface area contributed by atoms with Crippen LogP contribution in [0.2, 0.25) is 0 Å². The Morgan fingerprint density at radius 2 is 0.942 bits per heavy atom. The molecule has 0 aliphatic carbocycles. The quantitative estimate of drug-likeness (QED) is 0.0212. The summed E-state index contributed by atoms with van der Waals surface area (Å²) in [6.07, 6.45) is 27.4. The molecule has 1 atom stereocenters. The van der Waals surface area contributed by atoms with Gasteiger partial charge in [-0.15, -0.1) is 12.6 Å². The van der Waals surface area contributed by atoms with Crippen molar-refractivity contribution in [2.75, 3.05) is 40.1 Å². The van der Waals surface area contributed by atoms with Crippen molar-refractivity contribution in [2.24, 2.45) is 5.92 Å². The Labute approximate surface area is 324 Å². The van der Waals surface area contributed by atoms with Gasteiger partial charge in [0.05, 0.1) is 18.1 Å². The molecule has 1 unspecified atom stereocenters. The first kappa shape index (κ1) is 50.5. The summed E-state index contributed by atoms with van der Waals surface area (Å²) in [5.41, 5.74) is -0.635. The molecule has 0 aromatic rings. The van der Waals surface area contributed by atoms with Crippen molar-refractivity contribution < 1.29 is 38.1 Å². The Morgan fingerprint density at radius 3 is 1.33 bits per heavy atom. The normalized spacial score (nSPS) is 12.8. The summed E-state index contributed by atoms with van der Waals surface area (Å²) in [4.78, 5) is 37.0. The Morgan fingerprint density at radius 1 is 0.577 bits per heavy atom. The van der Waals surface area contributed by atoms with Crippen LogP contribution in [0.1, 0.15) is 195 Å². The lowest BCUT2D eigenvalue weighted by atomic mass is 10.1. The van der Waals surface area contributed by atoms with Crippen LogP contribution in [-0.2, 0) is 33.3 Å². The Hall–Kier alpha value is -1.52. The first-order valence-electron chi connectivity index (χ1n) is 21.1. The van der Waals surface area contributed by atoms with Crippen LogP contribution in [0, 0.1) is 5.92 Å². The van der Waals surface area contributed by atoms with Gasteiger partial charge in [0.25, 0.3) is 0 Å². The molecule has 0 saturated carbocycles. The van der Waals surface area contributed by atoms with E-state index in [2.05, 4.69) is 31.8 Å². The van der Waals surface area contributed by atoms with Gasteiger partial charge in [-0.25, -0.2) is 4.79 Å². The van der Waals surface area contributed by atoms with E-state index >= 15 is 0 Å². The van der Waals surface area contributed by atoms with Gasteiger partial charge in [0.2, 0.25) is 0 Å². The van der Waals surface area contributed by atoms with Crippen molar-refractivity contribution in [2.45, 2.75) is 206 Å². The van der Waals surface area contributed by atoms with Crippen LogP contribution >= 0.6 is 12.6 Å². The second-order valence-electron chi connectivity index (χ2n) is 15.5. The highest BCUT2D eigenvalue weighted by Crippen LogP contribution is 2.21. The lowest BCUT2D eigenvalue weighted by Crippen LogP contribution is -2.42. The Kier molecular flexibility index (Phi) is 33.0. The molecule has 0 radical (unpaired) electrons. The zero-order valence-corrected chi connectivity index (χ0v) is 35.4. The summed E-state index contributed by atoms with van der Waals surface area (Å²) in [5, 5.41) is 2.75. The summed E-state index contributed by atoms with van der Waals surface area (Å²) < 4.78 is 27.8. The van der Waals surface area contributed by atoms with Crippen LogP contribution in [-0.4, -0.2) is 68.6 Å². The fourth-order valence-corrected chi connectivity index (χ4v) is 5.87. The van der Waals surface area contributed by atoms with E-state index in [4.69, 9.17) is 23.7 Å². The third-order valence-electron chi connectivity index (χ3n) is 9.54. The minimum atomic E-state index is -0.635. The zero-order chi connectivity index (χ0) is 38.8. The fraction of sp³-hybridized carbons (Fsp3) is 0.929. The number of hydrogen-bond acceptors (Lipinski definition) is 9. The molecule has 52 heavy (non-hydrogen) atoms. The average molecular weight is 760 g/mol. The standard InChI is InChI=1S/C42H81NO8S/c1-7-9-11-13-15-17-19-21-23-25-27-29-38(44)48-33-37(34-49-39(45)30-28-26-24-22-20-18-16-14-12-10-8-2)35-50-40(46)43-36-41(3,4)51-32-31-42(5,52)47-6/h37,52H,7-36H2,1-6H3,(H,43,46). The number of alkyl carbamates (subject to hydrolysis) is 1. The van der Waals surface area contributed by atoms with E-state index in [-0.39, 0.29) is 38.3 Å². The smallest absolute Gasteiger partial charge is 0.407 e. The average Bonchev–Trinajstić information content (AvgIpc) is 3.11. The number of esters is 2. The van der Waals surface area contributed by atoms with Gasteiger partial charge in [0, 0.05) is 32.9 Å². The van der Waals surface area contributed by atoms with Crippen molar-refractivity contribution in [1.29, 1.82) is 0 Å². The second-order valence-corrected chi connectivity index (χ2v) is 16.4. The molecule has 10 heteroatoms. The summed E-state index contributed by atoms with van der Waals surface area (Å²) >= 11 is 4.44. The molecule has 0 spiro atoms. The summed E-state index contributed by atoms with van der Waals surface area (Å²) in [6, 6.07) is 0. The maximum absolute atomic E-state index is 12.6. The molecule has 0 saturated heterocycles. The van der Waals surface area contributed by atoms with Gasteiger partial charge >= 0.3 is 18.0 Å². The van der Waals surface area contributed by atoms with Crippen LogP contribution in [0.25, 0.3) is 0 Å². The van der Waals surface area contributed by atoms with Crippen LogP contribution in [0.15, 0.2) is 0 Å². The van der Waals surface area contributed by atoms with Gasteiger partial charge in [-0.1, -0.05) is 142 Å². The molecule has 1 amide bonds. The van der Waals surface area contributed by atoms with Gasteiger partial charge in [-0.05, 0) is 33.6 Å². The van der Waals surface area contributed by atoms with E-state index in [1.807, 2.05) is 20.8 Å². The maximum atomic E-state index is 12.6. The van der Waals surface area contributed by atoms with Crippen molar-refractivity contribution in [3.05, 3.63) is 0 Å². The van der Waals surface area contributed by atoms with E-state index in [0.29, 0.717) is 25.9 Å². The van der Waals surface area contributed by atoms with Crippen LogP contribution in [0.4, 0.5) is 4.79 Å². The molecule has 0 aromatic carbocycles. The number of ether oxygens (including phenoxy) is 5. The van der Waals surface area contributed by atoms with E-state index in [0.717, 1.165) is 38.5 Å². The van der Waals surface area contributed by atoms with Crippen molar-refractivity contribution >= 4 is 30.7 Å². The Balaban J connectivity index is 4.56. The van der Waals surface area contributed by atoms with Gasteiger partial charge in [0.15, 0.2) is 0 Å². The first-order valence-corrected chi connectivity index (χ1v) is 21.5. The largest absolute Gasteiger partial charge is 0.465 e. The van der Waals surface area contributed by atoms with E-state index in [1.165, 1.54) is 103 Å². The second kappa shape index (κ2) is 34.0. The summed E-state index contributed by atoms with van der Waals surface area (Å²) in [7, 11) is 1.60. The van der Waals surface area contributed by atoms with Crippen molar-refractivity contribution in [1.82, 2.24) is 5.32 Å². The minimum absolute atomic E-state index is 0.0203. The minimum Gasteiger partial charge on any atom is -0.465 e. The zero-order valence-electron chi connectivity index (χ0n) is 34.5. The molecule has 1 N–H and O–H groups in total. The molecule has 0 aliphatic heterocycles. The molecular weight excluding hydrogens is 679 g/mol. The van der Waals surface area contributed by atoms with Crippen LogP contribution < -0.4 is 5.32 Å². The number of unbranched alkanes of at least 4 members (excludes halogenated alkanes) is 20. The molecule has 0 heterocycles. The molecular formula is C42H81NO8S. The fourth-order valence-electron chi connectivity index (χ4n) is 5.78. The van der Waals surface area contributed by atoms with Crippen LogP contribution in [0.3, 0.4) is 0 Å². The van der Waals surface area contributed by atoms with E-state index in [9.17, 15) is 14.4 Å². The van der Waals surface area contributed by atoms with Crippen molar-refractivity contribution in [3.8, 4) is 0 Å². The molecule has 0 rings (SSSR count). The predicted octanol–water partition coefficient (Wildman–Crippen LogP) is 11.3. The monoisotopic (exact) mass is 760 g/mol. The summed E-state index contributed by atoms with van der Waals surface area (Å²) in [6.45, 7) is 10.7. The molecule has 308 valence electrons. The van der Waals surface area contributed by atoms with Gasteiger partial charge in [0.1, 0.15) is 24.8 Å². The molecule has 9 nitrogen and oxygen atoms in total. The number of carbonyl (C=O) groups excluding carboxylic acids is 3. The van der Waals surface area contributed by atoms with Gasteiger partial charge in [-0.3, -0.25) is 9.59 Å². The lowest BCUT2D eigenvalue weighted by Gasteiger charge is -2.28. The highest BCUT2D eigenvalue weighted by Gasteiger charge is 2.24. The number of thiol groups is 1. The number of methoxy groups -OCH3 is 1. The van der Waals surface area contributed by atoms with E-state index < -0.39 is 22.5 Å². The third kappa shape index (κ3) is 34.3. The van der Waals surface area contributed by atoms with Crippen LogP contribution in [0.5, 0.6) is 0 Å². The molecule has 0 aromatic heterocycles. The molecule has 0 aliphatic rings. The van der Waals surface area contributed by atoms with E-state index in [1.54, 1.807) is 7.11 Å². The summed E-state index contributed by atoms with van der Waals surface area (Å²) in [5.74, 6) is -1.01. The molecule has 0 fully saturated rings. The Bertz CT molecular complexity index is 827. The molecule has 0 bridgehead atoms. The highest BCUT2D eigenvalue weighted by atomic mass is 32.1. The lowest BCUT2D eigenvalue weighted by molar-refractivity contribution is -0.150. The van der Waals surface area contributed by atoms with Crippen molar-refractivity contribution in [3.63, 3.8) is 0 Å². The first-order chi connectivity index (χ1) is 24.9. The highest BCUT2D eigenvalue weighted by molar-refractivity contribution is 7.81. The topological polar surface area (TPSA) is 109 Å². The predicted molar refractivity (Wildman–Crippen MR) is 216 cm³/mol.